The molecule has 0 amide bonds. The first kappa shape index (κ1) is 46.2. The Morgan fingerprint density at radius 2 is 0.833 bits per heavy atom. The summed E-state index contributed by atoms with van der Waals surface area (Å²) in [6, 6.07) is 0. The van der Waals surface area contributed by atoms with Crippen LogP contribution in [0.4, 0.5) is 0 Å². The molecule has 1 unspecified atom stereocenters. The van der Waals surface area contributed by atoms with E-state index in [2.05, 4.69) is 50.3 Å². The molecule has 280 valence electrons. The van der Waals surface area contributed by atoms with E-state index in [0.29, 0.717) is 12.8 Å². The van der Waals surface area contributed by atoms with Crippen molar-refractivity contribution in [3.05, 3.63) is 36.5 Å². The van der Waals surface area contributed by atoms with E-state index in [1.165, 1.54) is 148 Å². The van der Waals surface area contributed by atoms with Crippen LogP contribution in [0.2, 0.25) is 0 Å². The lowest BCUT2D eigenvalue weighted by molar-refractivity contribution is -0.153. The molecule has 0 aliphatic carbocycles. The predicted octanol–water partition coefficient (Wildman–Crippen LogP) is 14.6. The number of aliphatic carboxylic acids is 1. The van der Waals surface area contributed by atoms with Crippen LogP contribution in [0.15, 0.2) is 36.5 Å². The van der Waals surface area contributed by atoms with E-state index in [4.69, 9.17) is 4.74 Å². The van der Waals surface area contributed by atoms with Gasteiger partial charge in [0.1, 0.15) is 6.10 Å². The molecular weight excluding hydrogens is 592 g/mol. The molecule has 0 heterocycles. The molecule has 0 aliphatic rings. The number of carbonyl (C=O) groups excluding carboxylic acids is 1. The normalized spacial score (nSPS) is 12.5. The summed E-state index contributed by atoms with van der Waals surface area (Å²) in [5.74, 6) is -1.11. The zero-order chi connectivity index (χ0) is 35.0. The van der Waals surface area contributed by atoms with Gasteiger partial charge in [0.15, 0.2) is 0 Å². The van der Waals surface area contributed by atoms with Crippen LogP contribution in [-0.4, -0.2) is 23.1 Å². The second-order valence-corrected chi connectivity index (χ2v) is 14.2. The van der Waals surface area contributed by atoms with Crippen molar-refractivity contribution >= 4 is 11.9 Å². The van der Waals surface area contributed by atoms with E-state index < -0.39 is 12.1 Å². The molecular formula is C44H80O4. The van der Waals surface area contributed by atoms with Gasteiger partial charge in [-0.05, 0) is 77.0 Å². The summed E-state index contributed by atoms with van der Waals surface area (Å²) in [7, 11) is 0. The van der Waals surface area contributed by atoms with Crippen molar-refractivity contribution < 1.29 is 19.4 Å². The molecule has 0 aromatic rings. The zero-order valence-corrected chi connectivity index (χ0v) is 32.0. The molecule has 0 spiro atoms. The standard InChI is InChI=1S/C44H80O4/c1-3-5-7-9-11-13-15-17-19-20-21-22-23-24-26-28-30-32-34-36-38-40-44(47)48-42(41-43(45)46)39-37-35-33-31-29-27-25-18-16-14-12-10-8-6-4-2/h11,13,17,19,24,26,42H,3-10,12,14-16,18,20-23,25,27-41H2,1-2H3,(H,45,46)/b13-11-,19-17-,26-24-. The van der Waals surface area contributed by atoms with Crippen molar-refractivity contribution in [3.63, 3.8) is 0 Å². The van der Waals surface area contributed by atoms with Gasteiger partial charge in [0.2, 0.25) is 0 Å². The summed E-state index contributed by atoms with van der Waals surface area (Å²) in [5, 5.41) is 9.28. The number of hydrogen-bond donors (Lipinski definition) is 1. The number of hydrogen-bond acceptors (Lipinski definition) is 3. The second kappa shape index (κ2) is 39.6. The van der Waals surface area contributed by atoms with E-state index in [1.54, 1.807) is 0 Å². The van der Waals surface area contributed by atoms with Crippen LogP contribution < -0.4 is 0 Å². The van der Waals surface area contributed by atoms with E-state index in [0.717, 1.165) is 44.9 Å². The van der Waals surface area contributed by atoms with Crippen LogP contribution in [0.5, 0.6) is 0 Å². The molecule has 0 aromatic carbocycles. The summed E-state index contributed by atoms with van der Waals surface area (Å²) in [6.07, 6.45) is 51.7. The first-order chi connectivity index (χ1) is 23.6. The molecule has 0 aliphatic heterocycles. The van der Waals surface area contributed by atoms with Crippen molar-refractivity contribution in [2.75, 3.05) is 0 Å². The smallest absolute Gasteiger partial charge is 0.307 e. The third-order valence-electron chi connectivity index (χ3n) is 9.32. The Labute approximate surface area is 299 Å². The van der Waals surface area contributed by atoms with E-state index in [1.807, 2.05) is 0 Å². The lowest BCUT2D eigenvalue weighted by Crippen LogP contribution is -2.21. The highest BCUT2D eigenvalue weighted by molar-refractivity contribution is 5.71. The van der Waals surface area contributed by atoms with Crippen molar-refractivity contribution in [2.45, 2.75) is 232 Å². The molecule has 0 bridgehead atoms. The van der Waals surface area contributed by atoms with Gasteiger partial charge in [-0.15, -0.1) is 0 Å². The van der Waals surface area contributed by atoms with E-state index in [-0.39, 0.29) is 12.4 Å². The maximum Gasteiger partial charge on any atom is 0.307 e. The Bertz CT molecular complexity index is 768. The minimum Gasteiger partial charge on any atom is -0.481 e. The summed E-state index contributed by atoms with van der Waals surface area (Å²) in [6.45, 7) is 4.52. The van der Waals surface area contributed by atoms with Gasteiger partial charge in [-0.25, -0.2) is 0 Å². The number of carboxylic acid groups (broad SMARTS) is 1. The molecule has 0 saturated heterocycles. The van der Waals surface area contributed by atoms with Gasteiger partial charge in [0.25, 0.3) is 0 Å². The first-order valence-corrected chi connectivity index (χ1v) is 21.0. The largest absolute Gasteiger partial charge is 0.481 e. The van der Waals surface area contributed by atoms with Crippen LogP contribution in [0.3, 0.4) is 0 Å². The van der Waals surface area contributed by atoms with Crippen LogP contribution >= 0.6 is 0 Å². The summed E-state index contributed by atoms with van der Waals surface area (Å²) in [5.41, 5.74) is 0. The highest BCUT2D eigenvalue weighted by Gasteiger charge is 2.17. The van der Waals surface area contributed by atoms with Gasteiger partial charge in [-0.2, -0.15) is 0 Å². The van der Waals surface area contributed by atoms with Crippen molar-refractivity contribution in [2.24, 2.45) is 0 Å². The van der Waals surface area contributed by atoms with Gasteiger partial charge in [0.05, 0.1) is 6.42 Å². The predicted molar refractivity (Wildman–Crippen MR) is 209 cm³/mol. The third-order valence-corrected chi connectivity index (χ3v) is 9.32. The summed E-state index contributed by atoms with van der Waals surface area (Å²) < 4.78 is 5.59. The maximum atomic E-state index is 12.4. The topological polar surface area (TPSA) is 63.6 Å². The molecule has 0 fully saturated rings. The van der Waals surface area contributed by atoms with Crippen molar-refractivity contribution in [1.82, 2.24) is 0 Å². The fourth-order valence-electron chi connectivity index (χ4n) is 6.23. The Hall–Kier alpha value is -1.84. The third kappa shape index (κ3) is 38.6. The van der Waals surface area contributed by atoms with Gasteiger partial charge < -0.3 is 9.84 Å². The SMILES string of the molecule is CCCCC/C=C\C/C=C\CCCC/C=C\CCCCCCCC(=O)OC(CCCCCCCCCCCCCCCCC)CC(=O)O. The quantitative estimate of drug-likeness (QED) is 0.0403. The van der Waals surface area contributed by atoms with Crippen LogP contribution in [0, 0.1) is 0 Å². The number of allylic oxidation sites excluding steroid dienone is 6. The Kier molecular flexibility index (Phi) is 38.1. The highest BCUT2D eigenvalue weighted by Crippen LogP contribution is 2.17. The summed E-state index contributed by atoms with van der Waals surface area (Å²) >= 11 is 0. The van der Waals surface area contributed by atoms with Crippen LogP contribution in [-0.2, 0) is 14.3 Å². The lowest BCUT2D eigenvalue weighted by Gasteiger charge is -2.16. The molecule has 4 nitrogen and oxygen atoms in total. The van der Waals surface area contributed by atoms with E-state index in [9.17, 15) is 14.7 Å². The number of esters is 1. The second-order valence-electron chi connectivity index (χ2n) is 14.2. The fraction of sp³-hybridized carbons (Fsp3) is 0.818. The molecule has 0 radical (unpaired) electrons. The molecule has 1 N–H and O–H groups in total. The minimum absolute atomic E-state index is 0.0773. The first-order valence-electron chi connectivity index (χ1n) is 21.0. The van der Waals surface area contributed by atoms with Crippen LogP contribution in [0.1, 0.15) is 226 Å². The van der Waals surface area contributed by atoms with Gasteiger partial charge >= 0.3 is 11.9 Å². The fourth-order valence-corrected chi connectivity index (χ4v) is 6.23. The van der Waals surface area contributed by atoms with Gasteiger partial charge in [-0.1, -0.05) is 172 Å². The minimum atomic E-state index is -0.882. The molecule has 1 atom stereocenters. The average molecular weight is 673 g/mol. The Morgan fingerprint density at radius 1 is 0.479 bits per heavy atom. The average Bonchev–Trinajstić information content (AvgIpc) is 3.06. The Morgan fingerprint density at radius 3 is 1.31 bits per heavy atom. The number of unbranched alkanes of at least 4 members (excludes halogenated alkanes) is 25. The highest BCUT2D eigenvalue weighted by atomic mass is 16.5. The monoisotopic (exact) mass is 673 g/mol. The van der Waals surface area contributed by atoms with Crippen LogP contribution in [0.25, 0.3) is 0 Å². The van der Waals surface area contributed by atoms with E-state index >= 15 is 0 Å². The molecule has 0 saturated carbocycles. The maximum absolute atomic E-state index is 12.4. The molecule has 0 rings (SSSR count). The molecule has 0 aromatic heterocycles. The van der Waals surface area contributed by atoms with Gasteiger partial charge in [-0.3, -0.25) is 9.59 Å². The lowest BCUT2D eigenvalue weighted by atomic mass is 10.0. The molecule has 4 heteroatoms. The summed E-state index contributed by atoms with van der Waals surface area (Å²) in [4.78, 5) is 23.7. The molecule has 48 heavy (non-hydrogen) atoms. The Balaban J connectivity index is 3.65. The van der Waals surface area contributed by atoms with Gasteiger partial charge in [0, 0.05) is 6.42 Å². The van der Waals surface area contributed by atoms with Crippen molar-refractivity contribution in [1.29, 1.82) is 0 Å². The number of carboxylic acids is 1. The number of rotatable bonds is 38. The number of carbonyl (C=O) groups is 2. The van der Waals surface area contributed by atoms with Crippen molar-refractivity contribution in [3.8, 4) is 0 Å². The number of ether oxygens (including phenoxy) is 1. The zero-order valence-electron chi connectivity index (χ0n) is 32.0.